The summed E-state index contributed by atoms with van der Waals surface area (Å²) in [5.41, 5.74) is -0.477. The van der Waals surface area contributed by atoms with E-state index in [1.807, 2.05) is 0 Å². The monoisotopic (exact) mass is 388 g/mol. The second-order valence-electron chi connectivity index (χ2n) is 4.77. The van der Waals surface area contributed by atoms with E-state index < -0.39 is 18.0 Å². The molecule has 1 aromatic carbocycles. The summed E-state index contributed by atoms with van der Waals surface area (Å²) in [4.78, 5) is 16.1. The summed E-state index contributed by atoms with van der Waals surface area (Å²) in [5, 5.41) is 12.5. The van der Waals surface area contributed by atoms with E-state index in [2.05, 4.69) is 30.6 Å². The van der Waals surface area contributed by atoms with Crippen LogP contribution in [0.5, 0.6) is 5.75 Å². The Bertz CT molecular complexity index is 941. The lowest BCUT2D eigenvalue weighted by molar-refractivity contribution is -0.274. The highest BCUT2D eigenvalue weighted by atomic mass is 35.5. The van der Waals surface area contributed by atoms with E-state index in [4.69, 9.17) is 16.0 Å². The molecule has 0 unspecified atom stereocenters. The number of aryl methyl sites for hydroxylation is 1. The van der Waals surface area contributed by atoms with Crippen molar-refractivity contribution in [2.45, 2.75) is 6.36 Å². The standard InChI is InChI=1S/C13H8ClF3N6O3/c1-23-12(20-21-22-23)19-10(24)6-2-3-7(26-13(15,16)17)8(9(6)14)11-18-4-5-25-11/h2-5H,1H3,(H,19,20,22,24). The van der Waals surface area contributed by atoms with E-state index in [1.165, 1.54) is 17.9 Å². The summed E-state index contributed by atoms with van der Waals surface area (Å²) in [5.74, 6) is -1.65. The fourth-order valence-corrected chi connectivity index (χ4v) is 2.32. The Morgan fingerprint density at radius 1 is 1.38 bits per heavy atom. The number of hydrogen-bond donors (Lipinski definition) is 1. The molecule has 1 amide bonds. The Morgan fingerprint density at radius 3 is 2.73 bits per heavy atom. The number of alkyl halides is 3. The number of anilines is 1. The van der Waals surface area contributed by atoms with Crippen LogP contribution in [0.2, 0.25) is 5.02 Å². The third-order valence-electron chi connectivity index (χ3n) is 3.07. The molecule has 0 spiro atoms. The lowest BCUT2D eigenvalue weighted by atomic mass is 10.1. The molecule has 0 aliphatic carbocycles. The van der Waals surface area contributed by atoms with Gasteiger partial charge in [0.15, 0.2) is 0 Å². The minimum Gasteiger partial charge on any atom is -0.444 e. The molecule has 2 heterocycles. The van der Waals surface area contributed by atoms with Crippen molar-refractivity contribution in [2.75, 3.05) is 5.32 Å². The second-order valence-corrected chi connectivity index (χ2v) is 5.14. The molecule has 136 valence electrons. The van der Waals surface area contributed by atoms with E-state index in [-0.39, 0.29) is 28.0 Å². The summed E-state index contributed by atoms with van der Waals surface area (Å²) in [6.45, 7) is 0. The normalized spacial score (nSPS) is 11.4. The number of rotatable bonds is 4. The first-order chi connectivity index (χ1) is 12.3. The Balaban J connectivity index is 2.04. The molecule has 3 rings (SSSR count). The maximum Gasteiger partial charge on any atom is 0.573 e. The number of nitrogens with one attached hydrogen (secondary N) is 1. The number of nitrogens with zero attached hydrogens (tertiary/aromatic N) is 5. The molecular formula is C13H8ClF3N6O3. The number of hydrogen-bond acceptors (Lipinski definition) is 7. The first-order valence-electron chi connectivity index (χ1n) is 6.78. The van der Waals surface area contributed by atoms with Crippen LogP contribution in [0.1, 0.15) is 10.4 Å². The van der Waals surface area contributed by atoms with Crippen LogP contribution < -0.4 is 10.1 Å². The topological polar surface area (TPSA) is 108 Å². The van der Waals surface area contributed by atoms with Crippen LogP contribution in [-0.2, 0) is 7.05 Å². The summed E-state index contributed by atoms with van der Waals surface area (Å²) >= 11 is 6.14. The van der Waals surface area contributed by atoms with E-state index in [9.17, 15) is 18.0 Å². The molecule has 0 radical (unpaired) electrons. The fraction of sp³-hybridized carbons (Fsp3) is 0.154. The van der Waals surface area contributed by atoms with Crippen LogP contribution in [0.3, 0.4) is 0 Å². The van der Waals surface area contributed by atoms with Crippen molar-refractivity contribution in [2.24, 2.45) is 7.05 Å². The van der Waals surface area contributed by atoms with Crippen molar-refractivity contribution in [3.05, 3.63) is 35.2 Å². The molecule has 26 heavy (non-hydrogen) atoms. The molecule has 1 N–H and O–H groups in total. The highest BCUT2D eigenvalue weighted by molar-refractivity contribution is 6.37. The lowest BCUT2D eigenvalue weighted by Crippen LogP contribution is -2.19. The van der Waals surface area contributed by atoms with Crippen molar-refractivity contribution < 1.29 is 27.1 Å². The van der Waals surface area contributed by atoms with Crippen molar-refractivity contribution in [3.63, 3.8) is 0 Å². The minimum absolute atomic E-state index is 0.0133. The number of tetrazole rings is 1. The van der Waals surface area contributed by atoms with Gasteiger partial charge in [0.25, 0.3) is 5.91 Å². The van der Waals surface area contributed by atoms with Gasteiger partial charge in [-0.3, -0.25) is 10.1 Å². The highest BCUT2D eigenvalue weighted by Gasteiger charge is 2.34. The average molecular weight is 389 g/mol. The van der Waals surface area contributed by atoms with Gasteiger partial charge in [0.2, 0.25) is 11.8 Å². The molecule has 0 saturated heterocycles. The maximum absolute atomic E-state index is 12.6. The maximum atomic E-state index is 12.6. The third-order valence-corrected chi connectivity index (χ3v) is 3.46. The molecule has 3 aromatic rings. The number of carbonyl (C=O) groups excluding carboxylic acids is 1. The van der Waals surface area contributed by atoms with Gasteiger partial charge in [-0.25, -0.2) is 9.67 Å². The predicted molar refractivity (Wildman–Crippen MR) is 80.4 cm³/mol. The van der Waals surface area contributed by atoms with Gasteiger partial charge in [-0.15, -0.1) is 13.2 Å². The second kappa shape index (κ2) is 6.63. The van der Waals surface area contributed by atoms with Crippen LogP contribution in [0.4, 0.5) is 19.1 Å². The molecule has 2 aromatic heterocycles. The number of ether oxygens (including phenoxy) is 1. The SMILES string of the molecule is Cn1nnnc1NC(=O)c1ccc(OC(F)(F)F)c(-c2ncco2)c1Cl. The molecule has 0 atom stereocenters. The molecule has 0 aliphatic heterocycles. The van der Waals surface area contributed by atoms with Gasteiger partial charge in [0, 0.05) is 7.05 Å². The Kier molecular flexibility index (Phi) is 4.50. The molecule has 13 heteroatoms. The van der Waals surface area contributed by atoms with Crippen molar-refractivity contribution in [1.29, 1.82) is 0 Å². The first kappa shape index (κ1) is 17.7. The third kappa shape index (κ3) is 3.59. The van der Waals surface area contributed by atoms with E-state index in [0.717, 1.165) is 18.4 Å². The van der Waals surface area contributed by atoms with Crippen LogP contribution >= 0.6 is 11.6 Å². The molecule has 0 bridgehead atoms. The fourth-order valence-electron chi connectivity index (χ4n) is 1.99. The number of benzene rings is 1. The van der Waals surface area contributed by atoms with E-state index >= 15 is 0 Å². The van der Waals surface area contributed by atoms with Crippen LogP contribution in [-0.4, -0.2) is 37.5 Å². The van der Waals surface area contributed by atoms with E-state index in [0.29, 0.717) is 0 Å². The van der Waals surface area contributed by atoms with Gasteiger partial charge in [-0.2, -0.15) is 0 Å². The molecule has 0 fully saturated rings. The van der Waals surface area contributed by atoms with Gasteiger partial charge < -0.3 is 9.15 Å². The molecule has 0 saturated carbocycles. The van der Waals surface area contributed by atoms with Gasteiger partial charge >= 0.3 is 6.36 Å². The number of amides is 1. The summed E-state index contributed by atoms with van der Waals surface area (Å²) in [7, 11) is 1.48. The van der Waals surface area contributed by atoms with Crippen LogP contribution in [0.25, 0.3) is 11.5 Å². The number of oxazole rings is 1. The zero-order valence-corrected chi connectivity index (χ0v) is 13.5. The van der Waals surface area contributed by atoms with Crippen LogP contribution in [0, 0.1) is 0 Å². The average Bonchev–Trinajstić information content (AvgIpc) is 3.18. The van der Waals surface area contributed by atoms with Gasteiger partial charge in [-0.1, -0.05) is 16.7 Å². The minimum atomic E-state index is -4.97. The summed E-state index contributed by atoms with van der Waals surface area (Å²) in [6, 6.07) is 2.00. The van der Waals surface area contributed by atoms with Crippen molar-refractivity contribution in [3.8, 4) is 17.2 Å². The summed E-state index contributed by atoms with van der Waals surface area (Å²) in [6.07, 6.45) is -2.62. The van der Waals surface area contributed by atoms with Gasteiger partial charge in [-0.05, 0) is 22.6 Å². The summed E-state index contributed by atoms with van der Waals surface area (Å²) < 4.78 is 48.0. The first-order valence-corrected chi connectivity index (χ1v) is 7.16. The number of halogens is 4. The quantitative estimate of drug-likeness (QED) is 0.732. The molecule has 0 aliphatic rings. The number of carbonyl (C=O) groups is 1. The zero-order chi connectivity index (χ0) is 18.9. The smallest absolute Gasteiger partial charge is 0.444 e. The largest absolute Gasteiger partial charge is 0.573 e. The highest BCUT2D eigenvalue weighted by Crippen LogP contribution is 2.40. The molecular weight excluding hydrogens is 381 g/mol. The van der Waals surface area contributed by atoms with Crippen LogP contribution in [0.15, 0.2) is 29.0 Å². The Hall–Kier alpha value is -3.15. The Morgan fingerprint density at radius 2 is 2.15 bits per heavy atom. The van der Waals surface area contributed by atoms with Gasteiger partial charge in [0.05, 0.1) is 22.3 Å². The molecule has 9 nitrogen and oxygen atoms in total. The number of aromatic nitrogens is 5. The van der Waals surface area contributed by atoms with Gasteiger partial charge in [0.1, 0.15) is 12.0 Å². The zero-order valence-electron chi connectivity index (χ0n) is 12.8. The predicted octanol–water partition coefficient (Wildman–Crippen LogP) is 2.67. The van der Waals surface area contributed by atoms with Crippen molar-refractivity contribution >= 4 is 23.5 Å². The lowest BCUT2D eigenvalue weighted by Gasteiger charge is -2.14. The van der Waals surface area contributed by atoms with Crippen molar-refractivity contribution in [1.82, 2.24) is 25.2 Å². The van der Waals surface area contributed by atoms with E-state index in [1.54, 1.807) is 0 Å². The Labute approximate surface area is 147 Å².